The summed E-state index contributed by atoms with van der Waals surface area (Å²) in [6.45, 7) is 0. The quantitative estimate of drug-likeness (QED) is 0.157. The Morgan fingerprint density at radius 1 is 0.290 bits per heavy atom. The van der Waals surface area contributed by atoms with Crippen LogP contribution in [0.2, 0.25) is 0 Å². The van der Waals surface area contributed by atoms with E-state index in [1.54, 1.807) is 0 Å². The Morgan fingerprint density at radius 2 is 0.758 bits per heavy atom. The maximum absolute atomic E-state index is 2.57. The molecule has 284 valence electrons. The minimum Gasteiger partial charge on any atom is -0.309 e. The first-order chi connectivity index (χ1) is 30.8. The first-order valence-electron chi connectivity index (χ1n) is 21.7. The topological polar surface area (TPSA) is 13.8 Å². The van der Waals surface area contributed by atoms with Crippen LogP contribution in [0.5, 0.6) is 0 Å². The largest absolute Gasteiger partial charge is 0.309 e. The molecule has 3 heteroatoms. The van der Waals surface area contributed by atoms with Gasteiger partial charge in [-0.15, -0.1) is 0 Å². The third-order valence-corrected chi connectivity index (χ3v) is 14.9. The predicted molar refractivity (Wildman–Crippen MR) is 258 cm³/mol. The molecular formula is C59H33N3. The van der Waals surface area contributed by atoms with Gasteiger partial charge in [-0.1, -0.05) is 152 Å². The summed E-state index contributed by atoms with van der Waals surface area (Å²) in [4.78, 5) is 0. The maximum Gasteiger partial charge on any atom is 0.0725 e. The fraction of sp³-hybridized carbons (Fsp3) is 0.0169. The molecule has 0 N–H and O–H groups in total. The molecule has 4 heterocycles. The summed E-state index contributed by atoms with van der Waals surface area (Å²) in [5.41, 5.74) is 21.4. The SMILES string of the molecule is c1ccc2c(c1)-c1ccccc1C21c2ccccc2-c2cc(-n3c4ccccc4c4cc5c(cc43)c3ccc4ccc6c7ccccc7n7c8ccccc8n5c3c4c67)ccc21. The van der Waals surface area contributed by atoms with Crippen LogP contribution < -0.4 is 0 Å². The number of hydrogen-bond acceptors (Lipinski definition) is 0. The smallest absolute Gasteiger partial charge is 0.0725 e. The number of para-hydroxylation sites is 4. The van der Waals surface area contributed by atoms with E-state index < -0.39 is 0 Å². The van der Waals surface area contributed by atoms with Gasteiger partial charge in [-0.3, -0.25) is 0 Å². The third-order valence-electron chi connectivity index (χ3n) is 14.9. The molecule has 2 aliphatic rings. The summed E-state index contributed by atoms with van der Waals surface area (Å²) < 4.78 is 7.61. The predicted octanol–water partition coefficient (Wildman–Crippen LogP) is 14.8. The van der Waals surface area contributed by atoms with Crippen molar-refractivity contribution >= 4 is 87.2 Å². The van der Waals surface area contributed by atoms with E-state index in [1.807, 2.05) is 0 Å². The lowest BCUT2D eigenvalue weighted by atomic mass is 9.70. The number of hydrogen-bond donors (Lipinski definition) is 0. The lowest BCUT2D eigenvalue weighted by Crippen LogP contribution is -2.25. The van der Waals surface area contributed by atoms with Gasteiger partial charge in [0.1, 0.15) is 0 Å². The molecule has 0 fully saturated rings. The molecule has 0 saturated carbocycles. The number of rotatable bonds is 1. The molecule has 16 rings (SSSR count). The van der Waals surface area contributed by atoms with Crippen molar-refractivity contribution in [3.8, 4) is 27.9 Å². The Morgan fingerprint density at radius 3 is 1.42 bits per heavy atom. The lowest BCUT2D eigenvalue weighted by Gasteiger charge is -2.30. The minimum atomic E-state index is -0.367. The monoisotopic (exact) mass is 783 g/mol. The van der Waals surface area contributed by atoms with E-state index in [4.69, 9.17) is 0 Å². The zero-order valence-corrected chi connectivity index (χ0v) is 33.4. The van der Waals surface area contributed by atoms with Crippen molar-refractivity contribution in [1.82, 2.24) is 13.4 Å². The van der Waals surface area contributed by atoms with Gasteiger partial charge in [-0.25, -0.2) is 0 Å². The van der Waals surface area contributed by atoms with Gasteiger partial charge < -0.3 is 13.4 Å². The van der Waals surface area contributed by atoms with E-state index in [1.165, 1.54) is 137 Å². The number of aromatic nitrogens is 3. The average Bonchev–Trinajstić information content (AvgIpc) is 4.08. The lowest BCUT2D eigenvalue weighted by molar-refractivity contribution is 0.793. The van der Waals surface area contributed by atoms with E-state index in [2.05, 4.69) is 214 Å². The molecule has 1 spiro atoms. The van der Waals surface area contributed by atoms with Crippen molar-refractivity contribution in [3.63, 3.8) is 0 Å². The first-order valence-corrected chi connectivity index (χ1v) is 21.7. The Kier molecular flexibility index (Phi) is 5.52. The molecular weight excluding hydrogens is 751 g/mol. The van der Waals surface area contributed by atoms with Crippen LogP contribution in [0.1, 0.15) is 22.3 Å². The number of fused-ring (bicyclic) bond motifs is 22. The second-order valence-electron chi connectivity index (χ2n) is 17.6. The van der Waals surface area contributed by atoms with Gasteiger partial charge in [-0.05, 0) is 98.4 Å². The van der Waals surface area contributed by atoms with Crippen molar-refractivity contribution in [2.45, 2.75) is 5.41 Å². The molecule has 0 atom stereocenters. The number of nitrogens with zero attached hydrogens (tertiary/aromatic N) is 3. The molecule has 2 aliphatic carbocycles. The standard InChI is InChI=1S/C59H33N3/c1-6-18-46-36(13-1)37-14-2-7-19-47(37)59(46)48-20-8-3-15-38(48)43-31-35(27-30-49(43)59)60-50-21-9-5-17-40(50)44-32-55-45(33-54(44)60)42-29-26-34-25-28-41-39-16-4-10-22-51(39)61-52-23-11-12-24-53(52)62(55)58(42)56(34)57(41)61/h1-33H. The molecule has 4 aromatic heterocycles. The van der Waals surface area contributed by atoms with Gasteiger partial charge in [-0.2, -0.15) is 0 Å². The third kappa shape index (κ3) is 3.46. The molecule has 10 aromatic carbocycles. The van der Waals surface area contributed by atoms with Gasteiger partial charge in [0.15, 0.2) is 0 Å². The Hall–Kier alpha value is -8.14. The van der Waals surface area contributed by atoms with Crippen LogP contribution in [0, 0.1) is 0 Å². The summed E-state index contributed by atoms with van der Waals surface area (Å²) in [6.07, 6.45) is 0. The molecule has 0 bridgehead atoms. The van der Waals surface area contributed by atoms with E-state index in [9.17, 15) is 0 Å². The van der Waals surface area contributed by atoms with Crippen LogP contribution in [0.4, 0.5) is 0 Å². The van der Waals surface area contributed by atoms with E-state index in [0.717, 1.165) is 0 Å². The van der Waals surface area contributed by atoms with Crippen LogP contribution >= 0.6 is 0 Å². The van der Waals surface area contributed by atoms with Crippen LogP contribution in [0.25, 0.3) is 115 Å². The van der Waals surface area contributed by atoms with Crippen molar-refractivity contribution in [2.75, 3.05) is 0 Å². The van der Waals surface area contributed by atoms with Crippen molar-refractivity contribution < 1.29 is 0 Å². The molecule has 3 nitrogen and oxygen atoms in total. The Bertz CT molecular complexity index is 4300. The molecule has 0 amide bonds. The van der Waals surface area contributed by atoms with Gasteiger partial charge >= 0.3 is 0 Å². The zero-order valence-electron chi connectivity index (χ0n) is 33.4. The fourth-order valence-electron chi connectivity index (χ4n) is 12.7. The molecule has 0 saturated heterocycles. The van der Waals surface area contributed by atoms with Crippen LogP contribution in [-0.2, 0) is 5.41 Å². The summed E-state index contributed by atoms with van der Waals surface area (Å²) in [7, 11) is 0. The van der Waals surface area contributed by atoms with Gasteiger partial charge in [0.25, 0.3) is 0 Å². The highest BCUT2D eigenvalue weighted by Gasteiger charge is 2.51. The van der Waals surface area contributed by atoms with Gasteiger partial charge in [0, 0.05) is 43.4 Å². The van der Waals surface area contributed by atoms with Gasteiger partial charge in [0.2, 0.25) is 0 Å². The molecule has 0 radical (unpaired) electrons. The molecule has 0 aliphatic heterocycles. The maximum atomic E-state index is 2.57. The summed E-state index contributed by atoms with van der Waals surface area (Å²) in [5.74, 6) is 0. The number of benzene rings is 10. The second kappa shape index (κ2) is 10.8. The zero-order chi connectivity index (χ0) is 40.0. The van der Waals surface area contributed by atoms with Crippen molar-refractivity contribution in [3.05, 3.63) is 222 Å². The van der Waals surface area contributed by atoms with Crippen LogP contribution in [0.3, 0.4) is 0 Å². The van der Waals surface area contributed by atoms with E-state index in [0.29, 0.717) is 0 Å². The van der Waals surface area contributed by atoms with E-state index >= 15 is 0 Å². The Labute approximate surface area is 354 Å². The molecule has 14 aromatic rings. The highest BCUT2D eigenvalue weighted by molar-refractivity contribution is 6.30. The Balaban J connectivity index is 1.03. The summed E-state index contributed by atoms with van der Waals surface area (Å²) >= 11 is 0. The normalized spacial score (nSPS) is 13.9. The highest BCUT2D eigenvalue weighted by Crippen LogP contribution is 2.63. The summed E-state index contributed by atoms with van der Waals surface area (Å²) in [5, 5.41) is 10.2. The minimum absolute atomic E-state index is 0.367. The van der Waals surface area contributed by atoms with Crippen molar-refractivity contribution in [2.24, 2.45) is 0 Å². The van der Waals surface area contributed by atoms with Crippen LogP contribution in [-0.4, -0.2) is 13.4 Å². The van der Waals surface area contributed by atoms with Crippen molar-refractivity contribution in [1.29, 1.82) is 0 Å². The second-order valence-corrected chi connectivity index (χ2v) is 17.6. The molecule has 62 heavy (non-hydrogen) atoms. The first kappa shape index (κ1) is 31.7. The highest BCUT2D eigenvalue weighted by atomic mass is 15.0. The van der Waals surface area contributed by atoms with Crippen LogP contribution in [0.15, 0.2) is 200 Å². The molecule has 0 unspecified atom stereocenters. The van der Waals surface area contributed by atoms with Gasteiger partial charge in [0.05, 0.1) is 49.5 Å². The summed E-state index contributed by atoms with van der Waals surface area (Å²) in [6, 6.07) is 75.7. The fourth-order valence-corrected chi connectivity index (χ4v) is 12.7. The average molecular weight is 784 g/mol. The van der Waals surface area contributed by atoms with E-state index in [-0.39, 0.29) is 5.41 Å².